The van der Waals surface area contributed by atoms with E-state index >= 15 is 0 Å². The maximum absolute atomic E-state index is 14.2. The highest BCUT2D eigenvalue weighted by Crippen LogP contribution is 2.29. The van der Waals surface area contributed by atoms with Gasteiger partial charge >= 0.3 is 5.97 Å². The predicted molar refractivity (Wildman–Crippen MR) is 209 cm³/mol. The van der Waals surface area contributed by atoms with Gasteiger partial charge in [-0.3, -0.25) is 28.8 Å². The summed E-state index contributed by atoms with van der Waals surface area (Å²) in [6.45, 7) is 1.18. The molecule has 4 aromatic rings. The first-order chi connectivity index (χ1) is 27.7. The third-order valence-corrected chi connectivity index (χ3v) is 9.69. The van der Waals surface area contributed by atoms with Crippen LogP contribution >= 0.6 is 0 Å². The molecule has 1 saturated carbocycles. The van der Waals surface area contributed by atoms with E-state index in [1.165, 1.54) is 19.1 Å². The van der Waals surface area contributed by atoms with Crippen LogP contribution in [0, 0.1) is 5.92 Å². The highest BCUT2D eigenvalue weighted by atomic mass is 16.4. The van der Waals surface area contributed by atoms with Crippen molar-refractivity contribution in [3.05, 3.63) is 102 Å². The molecule has 1 heterocycles. The van der Waals surface area contributed by atoms with Gasteiger partial charge in [-0.05, 0) is 54.7 Å². The number of carboxylic acids is 1. The molecule has 5 rings (SSSR count). The molecule has 0 spiro atoms. The zero-order valence-corrected chi connectivity index (χ0v) is 31.6. The summed E-state index contributed by atoms with van der Waals surface area (Å²) in [6.07, 6.45) is 0.450. The van der Waals surface area contributed by atoms with E-state index in [0.29, 0.717) is 29.5 Å². The Labute approximate surface area is 333 Å². The van der Waals surface area contributed by atoms with E-state index in [0.717, 1.165) is 10.9 Å². The fourth-order valence-corrected chi connectivity index (χ4v) is 6.37. The molecule has 1 aliphatic carbocycles. The molecule has 0 radical (unpaired) electrons. The number of H-pyrrole nitrogens is 1. The first-order valence-electron chi connectivity index (χ1n) is 18.8. The Morgan fingerprint density at radius 3 is 1.86 bits per heavy atom. The Morgan fingerprint density at radius 1 is 0.690 bits per heavy atom. The zero-order valence-electron chi connectivity index (χ0n) is 31.6. The van der Waals surface area contributed by atoms with Crippen molar-refractivity contribution in [1.29, 1.82) is 0 Å². The summed E-state index contributed by atoms with van der Waals surface area (Å²) in [5.41, 5.74) is 8.02. The van der Waals surface area contributed by atoms with Crippen LogP contribution in [0.1, 0.15) is 42.9 Å². The van der Waals surface area contributed by atoms with Crippen LogP contribution < -0.4 is 32.3 Å². The number of aliphatic hydroxyl groups is 1. The number of aromatic nitrogens is 1. The number of hydrogen-bond donors (Lipinski definition) is 10. The number of carbonyl (C=O) groups is 7. The van der Waals surface area contributed by atoms with Gasteiger partial charge in [0.2, 0.25) is 35.4 Å². The summed E-state index contributed by atoms with van der Waals surface area (Å²) in [5, 5.41) is 43.4. The van der Waals surface area contributed by atoms with Gasteiger partial charge in [-0.1, -0.05) is 60.7 Å². The third-order valence-electron chi connectivity index (χ3n) is 9.69. The number of aromatic amines is 1. The maximum Gasteiger partial charge on any atom is 0.326 e. The summed E-state index contributed by atoms with van der Waals surface area (Å²) in [7, 11) is 0. The summed E-state index contributed by atoms with van der Waals surface area (Å²) >= 11 is 0. The largest absolute Gasteiger partial charge is 0.508 e. The van der Waals surface area contributed by atoms with Crippen molar-refractivity contribution in [2.24, 2.45) is 11.7 Å². The van der Waals surface area contributed by atoms with Gasteiger partial charge in [-0.15, -0.1) is 0 Å². The lowest BCUT2D eigenvalue weighted by Crippen LogP contribution is -2.61. The molecule has 17 nitrogen and oxygen atoms in total. The number of carboxylic acid groups (broad SMARTS) is 1. The summed E-state index contributed by atoms with van der Waals surface area (Å²) in [5.74, 6) is -6.77. The van der Waals surface area contributed by atoms with Crippen LogP contribution in [-0.2, 0) is 52.8 Å². The minimum atomic E-state index is -1.73. The molecule has 1 aromatic heterocycles. The lowest BCUT2D eigenvalue weighted by molar-refractivity contribution is -0.143. The Bertz CT molecular complexity index is 2120. The Balaban J connectivity index is 1.37. The summed E-state index contributed by atoms with van der Waals surface area (Å²) in [4.78, 5) is 95.5. The number of fused-ring (bicyclic) bond motifs is 1. The monoisotopic (exact) mass is 797 g/mol. The van der Waals surface area contributed by atoms with Crippen LogP contribution in [0.4, 0.5) is 0 Å². The van der Waals surface area contributed by atoms with Crippen molar-refractivity contribution < 1.29 is 48.9 Å². The fraction of sp³-hybridized carbons (Fsp3) is 0.341. The minimum absolute atomic E-state index is 0.00435. The molecule has 58 heavy (non-hydrogen) atoms. The number of carbonyl (C=O) groups excluding carboxylic acids is 6. The number of aliphatic hydroxyl groups excluding tert-OH is 1. The second-order valence-electron chi connectivity index (χ2n) is 14.4. The third kappa shape index (κ3) is 11.9. The molecule has 0 aliphatic heterocycles. The molecule has 17 heteroatoms. The lowest BCUT2D eigenvalue weighted by Gasteiger charge is -2.27. The zero-order chi connectivity index (χ0) is 41.9. The highest BCUT2D eigenvalue weighted by Gasteiger charge is 2.36. The van der Waals surface area contributed by atoms with Gasteiger partial charge in [0.15, 0.2) is 0 Å². The normalized spacial score (nSPS) is 15.4. The number of rotatable bonds is 20. The number of para-hydroxylation sites is 1. The number of hydrogen-bond acceptors (Lipinski definition) is 9. The topological polar surface area (TPSA) is 282 Å². The van der Waals surface area contributed by atoms with E-state index in [1.807, 2.05) is 12.1 Å². The van der Waals surface area contributed by atoms with Crippen LogP contribution in [0.5, 0.6) is 5.75 Å². The van der Waals surface area contributed by atoms with Crippen molar-refractivity contribution in [3.63, 3.8) is 0 Å². The van der Waals surface area contributed by atoms with Crippen molar-refractivity contribution >= 4 is 52.3 Å². The lowest BCUT2D eigenvalue weighted by atomic mass is 10.0. The molecule has 6 amide bonds. The Hall–Kier alpha value is -6.75. The van der Waals surface area contributed by atoms with Crippen molar-refractivity contribution in [3.8, 4) is 5.75 Å². The first kappa shape index (κ1) is 42.4. The molecule has 11 N–H and O–H groups in total. The van der Waals surface area contributed by atoms with Gasteiger partial charge in [0.05, 0.1) is 12.5 Å². The second kappa shape index (κ2) is 19.4. The molecule has 0 saturated heterocycles. The molecular formula is C41H47N7O10. The van der Waals surface area contributed by atoms with E-state index in [1.54, 1.807) is 60.8 Å². The van der Waals surface area contributed by atoms with Gasteiger partial charge in [0, 0.05) is 42.3 Å². The van der Waals surface area contributed by atoms with Crippen molar-refractivity contribution in [2.75, 3.05) is 0 Å². The highest BCUT2D eigenvalue weighted by molar-refractivity contribution is 5.98. The van der Waals surface area contributed by atoms with Gasteiger partial charge in [0.25, 0.3) is 0 Å². The van der Waals surface area contributed by atoms with Gasteiger partial charge in [-0.25, -0.2) is 4.79 Å². The van der Waals surface area contributed by atoms with Crippen LogP contribution in [0.2, 0.25) is 0 Å². The number of aromatic hydroxyl groups is 1. The average molecular weight is 798 g/mol. The molecule has 306 valence electrons. The number of aliphatic carboxylic acids is 1. The van der Waals surface area contributed by atoms with E-state index in [2.05, 4.69) is 31.6 Å². The van der Waals surface area contributed by atoms with Gasteiger partial charge in [-0.2, -0.15) is 0 Å². The smallest absolute Gasteiger partial charge is 0.326 e. The summed E-state index contributed by atoms with van der Waals surface area (Å²) < 4.78 is 0. The molecule has 0 bridgehead atoms. The van der Waals surface area contributed by atoms with Crippen molar-refractivity contribution in [1.82, 2.24) is 31.6 Å². The minimum Gasteiger partial charge on any atom is -0.508 e. The molecule has 1 aliphatic rings. The van der Waals surface area contributed by atoms with Crippen LogP contribution in [-0.4, -0.2) is 98.0 Å². The fourth-order valence-electron chi connectivity index (χ4n) is 6.37. The Kier molecular flexibility index (Phi) is 14.2. The number of primary amides is 1. The van der Waals surface area contributed by atoms with Gasteiger partial charge in [0.1, 0.15) is 36.0 Å². The molecule has 6 atom stereocenters. The second-order valence-corrected chi connectivity index (χ2v) is 14.4. The number of nitrogens with two attached hydrogens (primary N) is 1. The number of phenols is 1. The van der Waals surface area contributed by atoms with E-state index in [9.17, 15) is 48.9 Å². The van der Waals surface area contributed by atoms with Crippen LogP contribution in [0.3, 0.4) is 0 Å². The van der Waals surface area contributed by atoms with Crippen molar-refractivity contribution in [2.45, 2.75) is 81.8 Å². The summed E-state index contributed by atoms with van der Waals surface area (Å²) in [6, 6.07) is 14.3. The standard InChI is InChI=1S/C41H47N7O10/c1-22(49)35(40(56)47-33(41(57)58)18-23-7-3-2-4-8-23)48-39(55)32(20-34(42)51)46-38(54)31(19-26-21-43-29-10-6-5-9-28(26)29)45-37(53)30(44-36(52)25-13-14-25)17-24-11-15-27(50)16-12-24/h2-12,15-16,21-22,25,30-33,35,43,49-50H,13-14,17-20H2,1H3,(H2,42,51)(H,44,52)(H,45,53)(H,46,54)(H,47,56)(H,48,55)(H,57,58)/t22-,30-,31-,32+,33+,35+/m1/s1. The van der Waals surface area contributed by atoms with E-state index in [4.69, 9.17) is 5.73 Å². The number of benzene rings is 3. The number of amides is 6. The molecule has 3 aromatic carbocycles. The first-order valence-corrected chi connectivity index (χ1v) is 18.8. The predicted octanol–water partition coefficient (Wildman–Crippen LogP) is 0.0762. The van der Waals surface area contributed by atoms with Crippen LogP contribution in [0.15, 0.2) is 85.1 Å². The molecule has 1 fully saturated rings. The molecule has 0 unspecified atom stereocenters. The SMILES string of the molecule is C[C@@H](O)[C@H](NC(=O)[C@H](CC(N)=O)NC(=O)[C@@H](Cc1c[nH]c2ccccc12)NC(=O)[C@@H](Cc1ccc(O)cc1)NC(=O)C1CC1)C(=O)N[C@@H](Cc1ccccc1)C(=O)O. The van der Waals surface area contributed by atoms with Gasteiger partial charge < -0.3 is 52.6 Å². The number of phenolic OH excluding ortho intramolecular Hbond substituents is 1. The average Bonchev–Trinajstić information content (AvgIpc) is 3.97. The van der Waals surface area contributed by atoms with Crippen LogP contribution in [0.25, 0.3) is 10.9 Å². The van der Waals surface area contributed by atoms with E-state index in [-0.39, 0.29) is 36.8 Å². The maximum atomic E-state index is 14.2. The quantitative estimate of drug-likeness (QED) is 0.0575. The Morgan fingerprint density at radius 2 is 1.24 bits per heavy atom. The van der Waals surface area contributed by atoms with E-state index < -0.39 is 78.2 Å². The molecular weight excluding hydrogens is 750 g/mol. The number of nitrogens with one attached hydrogen (secondary N) is 6.